The molecule has 3 N–H and O–H groups in total. The number of nitrogens with zero attached hydrogens (tertiary/aromatic N) is 3. The molecule has 0 saturated heterocycles. The molecule has 6 heteroatoms. The molecule has 3 aromatic rings. The quantitative estimate of drug-likeness (QED) is 0.741. The molecule has 0 radical (unpaired) electrons. The smallest absolute Gasteiger partial charge is 0.252 e. The topological polar surface area (TPSA) is 93.8 Å². The van der Waals surface area contributed by atoms with Crippen molar-refractivity contribution in [3.8, 4) is 0 Å². The van der Waals surface area contributed by atoms with Crippen molar-refractivity contribution < 1.29 is 4.79 Å². The van der Waals surface area contributed by atoms with E-state index in [-0.39, 0.29) is 6.04 Å². The second-order valence-electron chi connectivity index (χ2n) is 6.39. The van der Waals surface area contributed by atoms with E-state index >= 15 is 0 Å². The summed E-state index contributed by atoms with van der Waals surface area (Å²) in [7, 11) is 0. The molecule has 1 aromatic carbocycles. The summed E-state index contributed by atoms with van der Waals surface area (Å²) < 4.78 is 0. The van der Waals surface area contributed by atoms with Crippen LogP contribution in [0.15, 0.2) is 55.1 Å². The van der Waals surface area contributed by atoms with Crippen LogP contribution in [0.4, 0.5) is 5.69 Å². The number of aryl methyl sites for hydroxylation is 1. The fourth-order valence-electron chi connectivity index (χ4n) is 3.41. The molecule has 1 aliphatic rings. The molecule has 4 rings (SSSR count). The molecule has 0 fully saturated rings. The van der Waals surface area contributed by atoms with Crippen molar-refractivity contribution in [1.29, 1.82) is 0 Å². The van der Waals surface area contributed by atoms with Crippen molar-refractivity contribution in [2.75, 3.05) is 5.32 Å². The maximum Gasteiger partial charge on any atom is 0.252 e. The maximum absolute atomic E-state index is 11.8. The fraction of sp³-hybridized carbons (Fsp3) is 0.200. The third-order valence-corrected chi connectivity index (χ3v) is 4.67. The van der Waals surface area contributed by atoms with Gasteiger partial charge in [0.15, 0.2) is 0 Å². The first kappa shape index (κ1) is 16.2. The molecule has 0 saturated carbocycles. The van der Waals surface area contributed by atoms with Crippen LogP contribution in [0.25, 0.3) is 0 Å². The Kier molecular flexibility index (Phi) is 4.31. The number of fused-ring (bicyclic) bond motifs is 1. The van der Waals surface area contributed by atoms with E-state index in [1.54, 1.807) is 18.6 Å². The molecule has 0 aliphatic heterocycles. The number of primary amides is 1. The number of carbonyl (C=O) groups is 1. The standard InChI is InChI=1S/C20H19N5O/c21-20(26)17-12-24-14(9-15-11-22-7-8-23-15)10-19(17)25-18-6-5-13-3-1-2-4-16(13)18/h1-4,7-8,10-12,18H,5-6,9H2,(H2,21,26)(H,24,25)/t18-/m1/s1. The normalized spacial score (nSPS) is 15.5. The zero-order valence-corrected chi connectivity index (χ0v) is 14.2. The van der Waals surface area contributed by atoms with E-state index in [9.17, 15) is 4.79 Å². The number of nitrogens with one attached hydrogen (secondary N) is 1. The minimum absolute atomic E-state index is 0.163. The summed E-state index contributed by atoms with van der Waals surface area (Å²) in [5.74, 6) is -0.489. The third kappa shape index (κ3) is 3.26. The van der Waals surface area contributed by atoms with E-state index in [2.05, 4.69) is 38.5 Å². The van der Waals surface area contributed by atoms with E-state index < -0.39 is 5.91 Å². The predicted octanol–water partition coefficient (Wildman–Crippen LogP) is 2.66. The first-order chi connectivity index (χ1) is 12.7. The van der Waals surface area contributed by atoms with Crippen molar-refractivity contribution in [2.45, 2.75) is 25.3 Å². The molecule has 0 unspecified atom stereocenters. The summed E-state index contributed by atoms with van der Waals surface area (Å²) in [6, 6.07) is 10.4. The third-order valence-electron chi connectivity index (χ3n) is 4.67. The molecule has 0 spiro atoms. The van der Waals surface area contributed by atoms with Crippen molar-refractivity contribution in [3.05, 3.63) is 83.2 Å². The van der Waals surface area contributed by atoms with Gasteiger partial charge in [0.2, 0.25) is 0 Å². The molecular formula is C20H19N5O. The van der Waals surface area contributed by atoms with E-state index in [1.165, 1.54) is 17.3 Å². The van der Waals surface area contributed by atoms with E-state index in [0.717, 1.165) is 24.2 Å². The molecule has 2 aromatic heterocycles. The highest BCUT2D eigenvalue weighted by Gasteiger charge is 2.23. The van der Waals surface area contributed by atoms with Crippen molar-refractivity contribution in [1.82, 2.24) is 15.0 Å². The van der Waals surface area contributed by atoms with Crippen LogP contribution >= 0.6 is 0 Å². The van der Waals surface area contributed by atoms with Gasteiger partial charge in [0.1, 0.15) is 0 Å². The molecule has 1 aliphatic carbocycles. The molecule has 1 atom stereocenters. The Labute approximate surface area is 151 Å². The maximum atomic E-state index is 11.8. The Hall–Kier alpha value is -3.28. The van der Waals surface area contributed by atoms with Crippen LogP contribution < -0.4 is 11.1 Å². The van der Waals surface area contributed by atoms with Gasteiger partial charge in [-0.2, -0.15) is 0 Å². The molecule has 1 amide bonds. The van der Waals surface area contributed by atoms with Crippen LogP contribution in [0.3, 0.4) is 0 Å². The number of rotatable bonds is 5. The lowest BCUT2D eigenvalue weighted by Crippen LogP contribution is -2.17. The summed E-state index contributed by atoms with van der Waals surface area (Å²) >= 11 is 0. The molecule has 130 valence electrons. The Bertz CT molecular complexity index is 942. The average molecular weight is 345 g/mol. The lowest BCUT2D eigenvalue weighted by Gasteiger charge is -2.18. The highest BCUT2D eigenvalue weighted by molar-refractivity contribution is 5.98. The zero-order chi connectivity index (χ0) is 17.9. The largest absolute Gasteiger partial charge is 0.377 e. The SMILES string of the molecule is NC(=O)c1cnc(Cc2cnccn2)cc1N[C@@H]1CCc2ccccc21. The average Bonchev–Trinajstić information content (AvgIpc) is 3.06. The number of hydrogen-bond donors (Lipinski definition) is 2. The number of amides is 1. The van der Waals surface area contributed by atoms with Crippen LogP contribution in [0.5, 0.6) is 0 Å². The van der Waals surface area contributed by atoms with Crippen molar-refractivity contribution in [3.63, 3.8) is 0 Å². The lowest BCUT2D eigenvalue weighted by molar-refractivity contribution is 0.100. The van der Waals surface area contributed by atoms with E-state index in [4.69, 9.17) is 5.73 Å². The minimum Gasteiger partial charge on any atom is -0.377 e. The number of aromatic nitrogens is 3. The fourth-order valence-corrected chi connectivity index (χ4v) is 3.41. The monoisotopic (exact) mass is 345 g/mol. The molecule has 2 heterocycles. The summed E-state index contributed by atoms with van der Waals surface area (Å²) in [6.07, 6.45) is 9.10. The van der Waals surface area contributed by atoms with Gasteiger partial charge in [0, 0.05) is 36.9 Å². The number of carbonyl (C=O) groups excluding carboxylic acids is 1. The highest BCUT2D eigenvalue weighted by Crippen LogP contribution is 2.34. The summed E-state index contributed by atoms with van der Waals surface area (Å²) in [5.41, 5.74) is 10.9. The number of benzene rings is 1. The van der Waals surface area contributed by atoms with Gasteiger partial charge in [0.05, 0.1) is 23.0 Å². The van der Waals surface area contributed by atoms with Gasteiger partial charge < -0.3 is 11.1 Å². The Morgan fingerprint density at radius 1 is 1.15 bits per heavy atom. The van der Waals surface area contributed by atoms with Gasteiger partial charge in [-0.25, -0.2) is 0 Å². The molecule has 6 nitrogen and oxygen atoms in total. The second-order valence-corrected chi connectivity index (χ2v) is 6.39. The number of hydrogen-bond acceptors (Lipinski definition) is 5. The van der Waals surface area contributed by atoms with Gasteiger partial charge in [-0.05, 0) is 30.0 Å². The van der Waals surface area contributed by atoms with Crippen LogP contribution in [0.2, 0.25) is 0 Å². The summed E-state index contributed by atoms with van der Waals surface area (Å²) in [5, 5.41) is 3.50. The second kappa shape index (κ2) is 6.92. The van der Waals surface area contributed by atoms with Gasteiger partial charge >= 0.3 is 0 Å². The van der Waals surface area contributed by atoms with Crippen LogP contribution in [0.1, 0.15) is 45.3 Å². The van der Waals surface area contributed by atoms with Crippen molar-refractivity contribution >= 4 is 11.6 Å². The minimum atomic E-state index is -0.489. The lowest BCUT2D eigenvalue weighted by atomic mass is 10.1. The number of anilines is 1. The Morgan fingerprint density at radius 3 is 2.85 bits per heavy atom. The zero-order valence-electron chi connectivity index (χ0n) is 14.2. The van der Waals surface area contributed by atoms with Gasteiger partial charge in [-0.15, -0.1) is 0 Å². The van der Waals surface area contributed by atoms with Gasteiger partial charge in [-0.3, -0.25) is 19.7 Å². The van der Waals surface area contributed by atoms with Crippen molar-refractivity contribution in [2.24, 2.45) is 5.73 Å². The predicted molar refractivity (Wildman–Crippen MR) is 98.7 cm³/mol. The van der Waals surface area contributed by atoms with Crippen LogP contribution in [-0.2, 0) is 12.8 Å². The van der Waals surface area contributed by atoms with E-state index in [1.807, 2.05) is 12.1 Å². The first-order valence-corrected chi connectivity index (χ1v) is 8.58. The summed E-state index contributed by atoms with van der Waals surface area (Å²) in [6.45, 7) is 0. The number of nitrogens with two attached hydrogens (primary N) is 1. The highest BCUT2D eigenvalue weighted by atomic mass is 16.1. The molecular weight excluding hydrogens is 326 g/mol. The Balaban J connectivity index is 1.63. The van der Waals surface area contributed by atoms with Crippen LogP contribution in [-0.4, -0.2) is 20.9 Å². The van der Waals surface area contributed by atoms with Crippen LogP contribution in [0, 0.1) is 0 Å². The summed E-state index contributed by atoms with van der Waals surface area (Å²) in [4.78, 5) is 24.6. The van der Waals surface area contributed by atoms with Gasteiger partial charge in [-0.1, -0.05) is 24.3 Å². The van der Waals surface area contributed by atoms with Gasteiger partial charge in [0.25, 0.3) is 5.91 Å². The Morgan fingerprint density at radius 2 is 2.04 bits per heavy atom. The number of pyridine rings is 1. The van der Waals surface area contributed by atoms with E-state index in [0.29, 0.717) is 17.7 Å². The first-order valence-electron chi connectivity index (χ1n) is 8.58. The molecule has 0 bridgehead atoms. The molecule has 26 heavy (non-hydrogen) atoms.